The summed E-state index contributed by atoms with van der Waals surface area (Å²) >= 11 is 19.8. The van der Waals surface area contributed by atoms with Crippen LogP contribution in [0.2, 0.25) is 15.1 Å². The van der Waals surface area contributed by atoms with Gasteiger partial charge in [0.15, 0.2) is 0 Å². The number of carbonyl (C=O) groups excluding carboxylic acids is 2. The number of amides is 2. The van der Waals surface area contributed by atoms with Crippen molar-refractivity contribution in [3.8, 4) is 0 Å². The minimum absolute atomic E-state index is 0.128. The number of rotatable bonds is 10. The molecule has 0 aliphatic carbocycles. The molecule has 2 aromatic carbocycles. The molecule has 0 unspecified atom stereocenters. The van der Waals surface area contributed by atoms with Gasteiger partial charge in [-0.25, -0.2) is 0 Å². The lowest BCUT2D eigenvalue weighted by Gasteiger charge is -2.29. The highest BCUT2D eigenvalue weighted by Crippen LogP contribution is 2.25. The number of thioether (sulfide) groups is 1. The summed E-state index contributed by atoms with van der Waals surface area (Å²) in [6.45, 7) is 4.55. The van der Waals surface area contributed by atoms with Crippen molar-refractivity contribution in [2.75, 3.05) is 12.3 Å². The number of nitrogens with zero attached hydrogens (tertiary/aromatic N) is 1. The second-order valence-electron chi connectivity index (χ2n) is 6.82. The van der Waals surface area contributed by atoms with E-state index in [2.05, 4.69) is 5.32 Å². The van der Waals surface area contributed by atoms with Gasteiger partial charge in [0.05, 0.1) is 15.8 Å². The summed E-state index contributed by atoms with van der Waals surface area (Å²) in [5, 5.41) is 4.40. The van der Waals surface area contributed by atoms with Crippen LogP contribution in [0.3, 0.4) is 0 Å². The zero-order valence-corrected chi connectivity index (χ0v) is 20.0. The first-order valence-electron chi connectivity index (χ1n) is 9.65. The fourth-order valence-electron chi connectivity index (χ4n) is 2.76. The second kappa shape index (κ2) is 12.5. The lowest BCUT2D eigenvalue weighted by atomic mass is 10.1. The Bertz CT molecular complexity index is 879. The van der Waals surface area contributed by atoms with E-state index in [1.807, 2.05) is 37.3 Å². The smallest absolute Gasteiger partial charge is 0.242 e. The van der Waals surface area contributed by atoms with Crippen LogP contribution in [0.25, 0.3) is 0 Å². The molecule has 30 heavy (non-hydrogen) atoms. The summed E-state index contributed by atoms with van der Waals surface area (Å²) in [6, 6.07) is 12.2. The lowest BCUT2D eigenvalue weighted by molar-refractivity contribution is -0.138. The van der Waals surface area contributed by atoms with Gasteiger partial charge in [-0.15, -0.1) is 11.8 Å². The van der Waals surface area contributed by atoms with Gasteiger partial charge >= 0.3 is 0 Å². The maximum absolute atomic E-state index is 13.0. The highest BCUT2D eigenvalue weighted by atomic mass is 35.5. The van der Waals surface area contributed by atoms with E-state index in [-0.39, 0.29) is 24.1 Å². The second-order valence-corrected chi connectivity index (χ2v) is 9.03. The number of hydrogen-bond donors (Lipinski definition) is 1. The van der Waals surface area contributed by atoms with Crippen LogP contribution in [0.1, 0.15) is 31.4 Å². The molecule has 2 aromatic rings. The largest absolute Gasteiger partial charge is 0.354 e. The minimum Gasteiger partial charge on any atom is -0.354 e. The fraction of sp³-hybridized carbons (Fsp3) is 0.364. The molecule has 0 heterocycles. The van der Waals surface area contributed by atoms with Gasteiger partial charge in [-0.3, -0.25) is 9.59 Å². The van der Waals surface area contributed by atoms with Gasteiger partial charge in [0, 0.05) is 23.9 Å². The van der Waals surface area contributed by atoms with E-state index < -0.39 is 6.04 Å². The van der Waals surface area contributed by atoms with Gasteiger partial charge < -0.3 is 10.2 Å². The lowest BCUT2D eigenvalue weighted by Crippen LogP contribution is -2.48. The first-order chi connectivity index (χ1) is 14.3. The molecule has 2 rings (SSSR count). The van der Waals surface area contributed by atoms with Crippen molar-refractivity contribution in [3.63, 3.8) is 0 Å². The van der Waals surface area contributed by atoms with E-state index in [9.17, 15) is 9.59 Å². The average Bonchev–Trinajstić information content (AvgIpc) is 2.73. The third-order valence-electron chi connectivity index (χ3n) is 4.49. The van der Waals surface area contributed by atoms with Crippen LogP contribution >= 0.6 is 46.6 Å². The quantitative estimate of drug-likeness (QED) is 0.459. The van der Waals surface area contributed by atoms with E-state index in [1.165, 1.54) is 11.8 Å². The van der Waals surface area contributed by atoms with Gasteiger partial charge in [-0.1, -0.05) is 66.0 Å². The number of nitrogens with one attached hydrogen (secondary N) is 1. The summed E-state index contributed by atoms with van der Waals surface area (Å²) < 4.78 is 0. The minimum atomic E-state index is -0.612. The molecule has 1 atom stereocenters. The molecule has 0 spiro atoms. The molecule has 0 aliphatic heterocycles. The topological polar surface area (TPSA) is 49.4 Å². The molecule has 162 valence electrons. The van der Waals surface area contributed by atoms with Crippen LogP contribution in [-0.4, -0.2) is 35.1 Å². The highest BCUT2D eigenvalue weighted by Gasteiger charge is 2.26. The maximum atomic E-state index is 13.0. The summed E-state index contributed by atoms with van der Waals surface area (Å²) in [5.74, 6) is 0.541. The highest BCUT2D eigenvalue weighted by molar-refractivity contribution is 7.99. The van der Waals surface area contributed by atoms with E-state index in [4.69, 9.17) is 34.8 Å². The van der Waals surface area contributed by atoms with Crippen molar-refractivity contribution in [1.82, 2.24) is 10.2 Å². The van der Waals surface area contributed by atoms with Crippen molar-refractivity contribution < 1.29 is 9.59 Å². The zero-order valence-electron chi connectivity index (χ0n) is 17.0. The van der Waals surface area contributed by atoms with Crippen LogP contribution < -0.4 is 5.32 Å². The zero-order chi connectivity index (χ0) is 22.1. The molecule has 0 bridgehead atoms. The maximum Gasteiger partial charge on any atom is 0.242 e. The Kier molecular flexibility index (Phi) is 10.3. The Balaban J connectivity index is 2.10. The molecule has 0 saturated heterocycles. The molecular formula is C22H25Cl3N2O2S. The van der Waals surface area contributed by atoms with Gasteiger partial charge in [0.25, 0.3) is 0 Å². The molecule has 0 aromatic heterocycles. The number of halogens is 3. The van der Waals surface area contributed by atoms with Crippen LogP contribution in [-0.2, 0) is 21.9 Å². The molecule has 1 N–H and O–H groups in total. The third-order valence-corrected chi connectivity index (χ3v) is 6.57. The van der Waals surface area contributed by atoms with Crippen molar-refractivity contribution in [3.05, 3.63) is 68.7 Å². The van der Waals surface area contributed by atoms with Gasteiger partial charge in [-0.05, 0) is 42.7 Å². The molecule has 2 amide bonds. The van der Waals surface area contributed by atoms with Crippen molar-refractivity contribution in [1.29, 1.82) is 0 Å². The summed E-state index contributed by atoms with van der Waals surface area (Å²) in [6.07, 6.45) is 0.826. The van der Waals surface area contributed by atoms with E-state index in [1.54, 1.807) is 24.0 Å². The molecule has 0 aliphatic rings. The van der Waals surface area contributed by atoms with Crippen molar-refractivity contribution in [2.24, 2.45) is 0 Å². The van der Waals surface area contributed by atoms with Gasteiger partial charge in [0.2, 0.25) is 11.8 Å². The summed E-state index contributed by atoms with van der Waals surface area (Å²) in [5.41, 5.74) is 1.78. The van der Waals surface area contributed by atoms with Crippen LogP contribution in [0.4, 0.5) is 0 Å². The average molecular weight is 488 g/mol. The normalized spacial score (nSPS) is 11.8. The van der Waals surface area contributed by atoms with Crippen molar-refractivity contribution in [2.45, 2.75) is 38.6 Å². The molecule has 0 fully saturated rings. The van der Waals surface area contributed by atoms with Crippen LogP contribution in [0.15, 0.2) is 42.5 Å². The number of benzene rings is 2. The molecule has 0 radical (unpaired) electrons. The number of hydrogen-bond acceptors (Lipinski definition) is 3. The molecule has 0 saturated carbocycles. The fourth-order valence-corrected chi connectivity index (χ4v) is 4.28. The summed E-state index contributed by atoms with van der Waals surface area (Å²) in [4.78, 5) is 27.1. The van der Waals surface area contributed by atoms with Crippen LogP contribution in [0, 0.1) is 0 Å². The van der Waals surface area contributed by atoms with Crippen molar-refractivity contribution >= 4 is 58.4 Å². The Morgan fingerprint density at radius 2 is 1.80 bits per heavy atom. The van der Waals surface area contributed by atoms with E-state index >= 15 is 0 Å². The summed E-state index contributed by atoms with van der Waals surface area (Å²) in [7, 11) is 0. The Morgan fingerprint density at radius 3 is 2.47 bits per heavy atom. The van der Waals surface area contributed by atoms with E-state index in [0.717, 1.165) is 17.5 Å². The van der Waals surface area contributed by atoms with Gasteiger partial charge in [-0.2, -0.15) is 0 Å². The molecule has 4 nitrogen and oxygen atoms in total. The first-order valence-corrected chi connectivity index (χ1v) is 11.9. The predicted molar refractivity (Wildman–Crippen MR) is 127 cm³/mol. The molecular weight excluding hydrogens is 463 g/mol. The Hall–Kier alpha value is -1.40. The monoisotopic (exact) mass is 486 g/mol. The van der Waals surface area contributed by atoms with Crippen LogP contribution in [0.5, 0.6) is 0 Å². The Morgan fingerprint density at radius 1 is 1.07 bits per heavy atom. The number of carbonyl (C=O) groups is 2. The first kappa shape index (κ1) is 24.9. The standard InChI is InChI=1S/C22H25Cl3N2O2S/c1-3-10-26-22(29)15(2)27(12-16-8-9-19(24)20(25)11-16)21(28)14-30-13-17-6-4-5-7-18(17)23/h4-9,11,15H,3,10,12-14H2,1-2H3,(H,26,29)/t15-/m0/s1. The van der Waals surface area contributed by atoms with E-state index in [0.29, 0.717) is 27.4 Å². The van der Waals surface area contributed by atoms with Gasteiger partial charge in [0.1, 0.15) is 6.04 Å². The predicted octanol–water partition coefficient (Wildman–Crippen LogP) is 5.82. The third kappa shape index (κ3) is 7.38. The SMILES string of the molecule is CCCNC(=O)[C@H](C)N(Cc1ccc(Cl)c(Cl)c1)C(=O)CSCc1ccccc1Cl. The molecule has 8 heteroatoms. The Labute approximate surface area is 197 Å².